The summed E-state index contributed by atoms with van der Waals surface area (Å²) in [6, 6.07) is 8.76. The first-order chi connectivity index (χ1) is 10.1. The maximum atomic E-state index is 5.47. The van der Waals surface area contributed by atoms with E-state index in [1.807, 2.05) is 6.07 Å². The highest BCUT2D eigenvalue weighted by molar-refractivity contribution is 5.38. The number of aryl methyl sites for hydroxylation is 2. The smallest absolute Gasteiger partial charge is 0.123 e. The van der Waals surface area contributed by atoms with E-state index in [1.54, 1.807) is 7.11 Å². The monoisotopic (exact) mass is 286 g/mol. The number of hydrogen-bond acceptors (Lipinski definition) is 2. The van der Waals surface area contributed by atoms with Gasteiger partial charge in [0.15, 0.2) is 0 Å². The Labute approximate surface area is 127 Å². The molecule has 1 aromatic heterocycles. The van der Waals surface area contributed by atoms with E-state index in [2.05, 4.69) is 61.2 Å². The van der Waals surface area contributed by atoms with Crippen molar-refractivity contribution in [3.05, 3.63) is 53.3 Å². The highest BCUT2D eigenvalue weighted by Gasteiger charge is 2.11. The molecule has 3 heteroatoms. The fraction of sp³-hybridized carbons (Fsp3) is 0.444. The van der Waals surface area contributed by atoms with Crippen LogP contribution in [0.15, 0.2) is 36.7 Å². The minimum absolute atomic E-state index is 0.259. The summed E-state index contributed by atoms with van der Waals surface area (Å²) < 4.78 is 7.71. The van der Waals surface area contributed by atoms with Gasteiger partial charge in [0, 0.05) is 37.1 Å². The Hall–Kier alpha value is -1.74. The van der Waals surface area contributed by atoms with Gasteiger partial charge in [0.1, 0.15) is 5.75 Å². The van der Waals surface area contributed by atoms with Crippen molar-refractivity contribution in [2.24, 2.45) is 0 Å². The minimum atomic E-state index is 0.259. The molecule has 114 valence electrons. The van der Waals surface area contributed by atoms with Crippen molar-refractivity contribution in [1.82, 2.24) is 9.88 Å². The summed E-state index contributed by atoms with van der Waals surface area (Å²) in [5.74, 6) is 0.948. The average Bonchev–Trinajstić information content (AvgIpc) is 2.93. The van der Waals surface area contributed by atoms with Crippen molar-refractivity contribution in [3.63, 3.8) is 0 Å². The van der Waals surface area contributed by atoms with E-state index in [0.717, 1.165) is 18.8 Å². The van der Waals surface area contributed by atoms with Crippen molar-refractivity contribution in [2.45, 2.75) is 46.3 Å². The molecule has 0 spiro atoms. The Bertz CT molecular complexity index is 574. The van der Waals surface area contributed by atoms with Crippen LogP contribution in [0.1, 0.15) is 43.0 Å². The van der Waals surface area contributed by atoms with Crippen LogP contribution in [-0.4, -0.2) is 11.7 Å². The predicted octanol–water partition coefficient (Wildman–Crippen LogP) is 4.07. The van der Waals surface area contributed by atoms with Crippen LogP contribution in [0.2, 0.25) is 0 Å². The minimum Gasteiger partial charge on any atom is -0.496 e. The highest BCUT2D eigenvalue weighted by atomic mass is 16.5. The van der Waals surface area contributed by atoms with Gasteiger partial charge in [0.25, 0.3) is 0 Å². The van der Waals surface area contributed by atoms with Crippen LogP contribution in [0.3, 0.4) is 0 Å². The number of rotatable bonds is 7. The topological polar surface area (TPSA) is 26.2 Å². The molecule has 3 nitrogen and oxygen atoms in total. The molecule has 1 unspecified atom stereocenters. The van der Waals surface area contributed by atoms with Gasteiger partial charge in [-0.3, -0.25) is 0 Å². The fourth-order valence-corrected chi connectivity index (χ4v) is 2.57. The second kappa shape index (κ2) is 7.32. The number of ether oxygens (including phenoxy) is 1. The van der Waals surface area contributed by atoms with E-state index >= 15 is 0 Å². The van der Waals surface area contributed by atoms with Gasteiger partial charge >= 0.3 is 0 Å². The Balaban J connectivity index is 2.00. The first-order valence-corrected chi connectivity index (χ1v) is 7.66. The molecular formula is C18H26N2O. The zero-order valence-corrected chi connectivity index (χ0v) is 13.5. The number of nitrogens with one attached hydrogen (secondary N) is 1. The maximum absolute atomic E-state index is 5.47. The van der Waals surface area contributed by atoms with Gasteiger partial charge in [-0.1, -0.05) is 24.6 Å². The third kappa shape index (κ3) is 4.11. The lowest BCUT2D eigenvalue weighted by molar-refractivity contribution is 0.401. The van der Waals surface area contributed by atoms with Crippen molar-refractivity contribution >= 4 is 0 Å². The van der Waals surface area contributed by atoms with E-state index in [4.69, 9.17) is 4.74 Å². The Morgan fingerprint density at radius 2 is 2.10 bits per heavy atom. The molecule has 2 aromatic rings. The molecule has 0 aliphatic rings. The first kappa shape index (κ1) is 15.6. The first-order valence-electron chi connectivity index (χ1n) is 7.66. The molecule has 0 saturated heterocycles. The predicted molar refractivity (Wildman–Crippen MR) is 87.7 cm³/mol. The van der Waals surface area contributed by atoms with E-state index in [9.17, 15) is 0 Å². The second-order valence-electron chi connectivity index (χ2n) is 5.61. The quantitative estimate of drug-likeness (QED) is 0.830. The Morgan fingerprint density at radius 3 is 2.81 bits per heavy atom. The van der Waals surface area contributed by atoms with Crippen LogP contribution in [0.4, 0.5) is 0 Å². The second-order valence-corrected chi connectivity index (χ2v) is 5.61. The van der Waals surface area contributed by atoms with Crippen molar-refractivity contribution in [2.75, 3.05) is 7.11 Å². The van der Waals surface area contributed by atoms with E-state index in [1.165, 1.54) is 23.1 Å². The number of benzene rings is 1. The molecule has 0 radical (unpaired) electrons. The fourth-order valence-electron chi connectivity index (χ4n) is 2.57. The third-order valence-electron chi connectivity index (χ3n) is 3.76. The molecule has 0 bridgehead atoms. The number of hydrogen-bond donors (Lipinski definition) is 1. The number of methoxy groups -OCH3 is 1. The molecule has 2 rings (SSSR count). The number of nitrogens with zero attached hydrogens (tertiary/aromatic N) is 1. The van der Waals surface area contributed by atoms with Crippen LogP contribution < -0.4 is 10.1 Å². The Morgan fingerprint density at radius 1 is 1.29 bits per heavy atom. The summed E-state index contributed by atoms with van der Waals surface area (Å²) >= 11 is 0. The van der Waals surface area contributed by atoms with Gasteiger partial charge in [-0.2, -0.15) is 0 Å². The van der Waals surface area contributed by atoms with Gasteiger partial charge in [-0.05, 0) is 38.0 Å². The zero-order valence-electron chi connectivity index (χ0n) is 13.5. The van der Waals surface area contributed by atoms with Crippen LogP contribution in [0.5, 0.6) is 5.75 Å². The number of aromatic nitrogens is 1. The zero-order chi connectivity index (χ0) is 15.2. The van der Waals surface area contributed by atoms with Crippen LogP contribution >= 0.6 is 0 Å². The molecule has 0 amide bonds. The average molecular weight is 286 g/mol. The molecule has 0 aliphatic carbocycles. The summed E-state index contributed by atoms with van der Waals surface area (Å²) in [6.45, 7) is 8.45. The van der Waals surface area contributed by atoms with Gasteiger partial charge < -0.3 is 14.6 Å². The van der Waals surface area contributed by atoms with Gasteiger partial charge in [0.05, 0.1) is 7.11 Å². The lowest BCUT2D eigenvalue weighted by Crippen LogP contribution is -2.18. The van der Waals surface area contributed by atoms with Crippen LogP contribution in [0.25, 0.3) is 0 Å². The van der Waals surface area contributed by atoms with Crippen LogP contribution in [-0.2, 0) is 13.1 Å². The standard InChI is InChI=1S/C18H26N2O/c1-5-9-20-10-8-16(13-20)12-19-15(3)17-11-14(2)6-7-18(17)21-4/h6-8,10-11,13,15,19H,5,9,12H2,1-4H3. The summed E-state index contributed by atoms with van der Waals surface area (Å²) in [5.41, 5.74) is 3.79. The molecule has 1 aromatic carbocycles. The van der Waals surface area contributed by atoms with Crippen molar-refractivity contribution in [1.29, 1.82) is 0 Å². The summed E-state index contributed by atoms with van der Waals surface area (Å²) in [7, 11) is 1.73. The maximum Gasteiger partial charge on any atom is 0.123 e. The van der Waals surface area contributed by atoms with E-state index < -0.39 is 0 Å². The molecule has 1 heterocycles. The van der Waals surface area contributed by atoms with E-state index in [-0.39, 0.29) is 6.04 Å². The largest absolute Gasteiger partial charge is 0.496 e. The summed E-state index contributed by atoms with van der Waals surface area (Å²) in [6.07, 6.45) is 5.54. The molecule has 0 aliphatic heterocycles. The SMILES string of the molecule is CCCn1ccc(CNC(C)c2cc(C)ccc2OC)c1. The normalized spacial score (nSPS) is 12.4. The van der Waals surface area contributed by atoms with Crippen molar-refractivity contribution < 1.29 is 4.74 Å². The van der Waals surface area contributed by atoms with Crippen molar-refractivity contribution in [3.8, 4) is 5.75 Å². The molecular weight excluding hydrogens is 260 g/mol. The van der Waals surface area contributed by atoms with Gasteiger partial charge in [0.2, 0.25) is 0 Å². The lowest BCUT2D eigenvalue weighted by Gasteiger charge is -2.17. The molecule has 1 N–H and O–H groups in total. The lowest BCUT2D eigenvalue weighted by atomic mass is 10.0. The molecule has 1 atom stereocenters. The molecule has 0 fully saturated rings. The van der Waals surface area contributed by atoms with Crippen LogP contribution in [0, 0.1) is 6.92 Å². The third-order valence-corrected chi connectivity index (χ3v) is 3.76. The molecule has 21 heavy (non-hydrogen) atoms. The van der Waals surface area contributed by atoms with E-state index in [0.29, 0.717) is 0 Å². The Kier molecular flexibility index (Phi) is 5.45. The van der Waals surface area contributed by atoms with Gasteiger partial charge in [-0.15, -0.1) is 0 Å². The highest BCUT2D eigenvalue weighted by Crippen LogP contribution is 2.26. The summed E-state index contributed by atoms with van der Waals surface area (Å²) in [4.78, 5) is 0. The summed E-state index contributed by atoms with van der Waals surface area (Å²) in [5, 5.41) is 3.58. The molecule has 0 saturated carbocycles. The van der Waals surface area contributed by atoms with Gasteiger partial charge in [-0.25, -0.2) is 0 Å².